The second-order valence-corrected chi connectivity index (χ2v) is 7.84. The van der Waals surface area contributed by atoms with Gasteiger partial charge in [-0.2, -0.15) is 8.78 Å². The SMILES string of the molecule is C#C[C@](O)(C1CC1)C(F)(F)c1cccc([C@@H](C)NC(=O)OC(C)(C)C)c1F. The van der Waals surface area contributed by atoms with Gasteiger partial charge in [0, 0.05) is 11.5 Å². The van der Waals surface area contributed by atoms with Crippen LogP contribution in [-0.4, -0.2) is 22.4 Å². The molecular formula is C20H24F3NO3. The Morgan fingerprint density at radius 1 is 1.37 bits per heavy atom. The van der Waals surface area contributed by atoms with Crippen LogP contribution >= 0.6 is 0 Å². The van der Waals surface area contributed by atoms with Crippen molar-refractivity contribution in [3.63, 3.8) is 0 Å². The van der Waals surface area contributed by atoms with E-state index in [2.05, 4.69) is 5.32 Å². The summed E-state index contributed by atoms with van der Waals surface area (Å²) in [5.41, 5.74) is -4.67. The monoisotopic (exact) mass is 383 g/mol. The lowest BCUT2D eigenvalue weighted by Crippen LogP contribution is -2.47. The quantitative estimate of drug-likeness (QED) is 0.747. The molecule has 1 amide bonds. The smallest absolute Gasteiger partial charge is 0.408 e. The van der Waals surface area contributed by atoms with E-state index in [4.69, 9.17) is 11.2 Å². The van der Waals surface area contributed by atoms with Gasteiger partial charge in [-0.25, -0.2) is 9.18 Å². The van der Waals surface area contributed by atoms with E-state index in [-0.39, 0.29) is 5.56 Å². The molecule has 2 rings (SSSR count). The Bertz CT molecular complexity index is 763. The van der Waals surface area contributed by atoms with Gasteiger partial charge in [0.1, 0.15) is 11.4 Å². The fraction of sp³-hybridized carbons (Fsp3) is 0.550. The number of rotatable bonds is 5. The Labute approximate surface area is 157 Å². The molecule has 0 heterocycles. The van der Waals surface area contributed by atoms with E-state index < -0.39 is 46.6 Å². The molecule has 2 atom stereocenters. The first kappa shape index (κ1) is 21.1. The zero-order chi connectivity index (χ0) is 20.6. The largest absolute Gasteiger partial charge is 0.444 e. The summed E-state index contributed by atoms with van der Waals surface area (Å²) < 4.78 is 49.9. The second-order valence-electron chi connectivity index (χ2n) is 7.84. The zero-order valence-electron chi connectivity index (χ0n) is 15.8. The first-order valence-corrected chi connectivity index (χ1v) is 8.70. The molecule has 0 spiro atoms. The third kappa shape index (κ3) is 4.22. The summed E-state index contributed by atoms with van der Waals surface area (Å²) in [4.78, 5) is 11.9. The zero-order valence-corrected chi connectivity index (χ0v) is 15.8. The summed E-state index contributed by atoms with van der Waals surface area (Å²) in [6, 6.07) is 2.47. The first-order valence-electron chi connectivity index (χ1n) is 8.70. The summed E-state index contributed by atoms with van der Waals surface area (Å²) >= 11 is 0. The highest BCUT2D eigenvalue weighted by Crippen LogP contribution is 2.52. The molecule has 2 N–H and O–H groups in total. The molecule has 1 aromatic rings. The van der Waals surface area contributed by atoms with E-state index in [1.54, 1.807) is 26.7 Å². The number of amides is 1. The number of carbonyl (C=O) groups is 1. The lowest BCUT2D eigenvalue weighted by molar-refractivity contribution is -0.168. The van der Waals surface area contributed by atoms with Crippen molar-refractivity contribution in [1.82, 2.24) is 5.32 Å². The number of ether oxygens (including phenoxy) is 1. The third-order valence-electron chi connectivity index (χ3n) is 4.43. The Hall–Kier alpha value is -2.20. The van der Waals surface area contributed by atoms with Gasteiger partial charge >= 0.3 is 12.0 Å². The second kappa shape index (κ2) is 7.08. The predicted molar refractivity (Wildman–Crippen MR) is 94.6 cm³/mol. The number of terminal acetylenes is 1. The van der Waals surface area contributed by atoms with E-state index in [1.165, 1.54) is 19.1 Å². The van der Waals surface area contributed by atoms with Crippen molar-refractivity contribution in [3.8, 4) is 12.3 Å². The maximum atomic E-state index is 14.9. The summed E-state index contributed by atoms with van der Waals surface area (Å²) in [5.74, 6) is -4.22. The molecule has 0 saturated heterocycles. The first-order chi connectivity index (χ1) is 12.3. The summed E-state index contributed by atoms with van der Waals surface area (Å²) in [7, 11) is 0. The van der Waals surface area contributed by atoms with E-state index in [0.29, 0.717) is 12.8 Å². The molecule has 7 heteroatoms. The third-order valence-corrected chi connectivity index (χ3v) is 4.43. The van der Waals surface area contributed by atoms with Gasteiger partial charge in [0.05, 0.1) is 11.6 Å². The summed E-state index contributed by atoms with van der Waals surface area (Å²) in [6.07, 6.45) is 5.08. The van der Waals surface area contributed by atoms with Gasteiger partial charge in [0.15, 0.2) is 5.60 Å². The molecule has 1 aromatic carbocycles. The van der Waals surface area contributed by atoms with E-state index in [9.17, 15) is 23.1 Å². The van der Waals surface area contributed by atoms with Crippen molar-refractivity contribution in [2.75, 3.05) is 0 Å². The Morgan fingerprint density at radius 2 is 1.96 bits per heavy atom. The van der Waals surface area contributed by atoms with Crippen LogP contribution in [-0.2, 0) is 10.7 Å². The molecule has 1 fully saturated rings. The van der Waals surface area contributed by atoms with Crippen LogP contribution in [0.25, 0.3) is 0 Å². The number of alkyl carbamates (subject to hydrolysis) is 1. The van der Waals surface area contributed by atoms with Gasteiger partial charge in [-0.1, -0.05) is 18.1 Å². The van der Waals surface area contributed by atoms with Crippen molar-refractivity contribution in [2.45, 2.75) is 63.7 Å². The van der Waals surface area contributed by atoms with Crippen molar-refractivity contribution in [1.29, 1.82) is 0 Å². The molecule has 1 saturated carbocycles. The highest BCUT2D eigenvalue weighted by atomic mass is 19.3. The molecule has 0 bridgehead atoms. The van der Waals surface area contributed by atoms with Crippen LogP contribution in [0.15, 0.2) is 18.2 Å². The summed E-state index contributed by atoms with van der Waals surface area (Å²) in [6.45, 7) is 6.44. The number of halogens is 3. The lowest BCUT2D eigenvalue weighted by Gasteiger charge is -2.32. The van der Waals surface area contributed by atoms with Gasteiger partial charge in [-0.05, 0) is 46.6 Å². The molecule has 27 heavy (non-hydrogen) atoms. The maximum Gasteiger partial charge on any atom is 0.408 e. The van der Waals surface area contributed by atoms with Crippen LogP contribution < -0.4 is 5.32 Å². The van der Waals surface area contributed by atoms with Crippen LogP contribution in [0.2, 0.25) is 0 Å². The minimum Gasteiger partial charge on any atom is -0.444 e. The van der Waals surface area contributed by atoms with Gasteiger partial charge in [0.25, 0.3) is 0 Å². The molecule has 4 nitrogen and oxygen atoms in total. The van der Waals surface area contributed by atoms with Crippen LogP contribution in [0.3, 0.4) is 0 Å². The van der Waals surface area contributed by atoms with Crippen LogP contribution in [0.5, 0.6) is 0 Å². The fourth-order valence-electron chi connectivity index (χ4n) is 2.86. The average molecular weight is 383 g/mol. The molecule has 148 valence electrons. The lowest BCUT2D eigenvalue weighted by atomic mass is 9.85. The average Bonchev–Trinajstić information content (AvgIpc) is 3.36. The number of aliphatic hydroxyl groups is 1. The standard InChI is InChI=1S/C20H24F3NO3/c1-6-19(26,13-10-11-13)20(22,23)15-9-7-8-14(16(15)21)12(2)24-17(25)27-18(3,4)5/h1,7-9,12-13,26H,10-11H2,2-5H3,(H,24,25)/t12-,19+/m1/s1. The van der Waals surface area contributed by atoms with Crippen LogP contribution in [0.1, 0.15) is 57.7 Å². The van der Waals surface area contributed by atoms with Crippen LogP contribution in [0.4, 0.5) is 18.0 Å². The predicted octanol–water partition coefficient (Wildman–Crippen LogP) is 4.28. The van der Waals surface area contributed by atoms with Crippen molar-refractivity contribution in [3.05, 3.63) is 35.1 Å². The van der Waals surface area contributed by atoms with Crippen molar-refractivity contribution < 1.29 is 27.8 Å². The van der Waals surface area contributed by atoms with Crippen molar-refractivity contribution in [2.24, 2.45) is 5.92 Å². The number of alkyl halides is 2. The number of benzene rings is 1. The van der Waals surface area contributed by atoms with Gasteiger partial charge in [0.2, 0.25) is 0 Å². The number of nitrogens with one attached hydrogen (secondary N) is 1. The highest BCUT2D eigenvalue weighted by Gasteiger charge is 2.61. The van der Waals surface area contributed by atoms with E-state index in [1.807, 2.05) is 0 Å². The topological polar surface area (TPSA) is 58.6 Å². The molecule has 1 aliphatic carbocycles. The Kier molecular flexibility index (Phi) is 5.53. The van der Waals surface area contributed by atoms with E-state index >= 15 is 0 Å². The maximum absolute atomic E-state index is 14.9. The van der Waals surface area contributed by atoms with Gasteiger partial charge in [-0.3, -0.25) is 0 Å². The molecule has 0 aliphatic heterocycles. The van der Waals surface area contributed by atoms with E-state index in [0.717, 1.165) is 6.07 Å². The molecule has 1 aliphatic rings. The Morgan fingerprint density at radius 3 is 2.44 bits per heavy atom. The highest BCUT2D eigenvalue weighted by molar-refractivity contribution is 5.68. The fourth-order valence-corrected chi connectivity index (χ4v) is 2.86. The number of carbonyl (C=O) groups excluding carboxylic acids is 1. The number of hydrogen-bond donors (Lipinski definition) is 2. The summed E-state index contributed by atoms with van der Waals surface area (Å²) in [5, 5.41) is 12.7. The van der Waals surface area contributed by atoms with Crippen molar-refractivity contribution >= 4 is 6.09 Å². The number of hydrogen-bond acceptors (Lipinski definition) is 3. The molecule has 0 radical (unpaired) electrons. The van der Waals surface area contributed by atoms with Gasteiger partial charge < -0.3 is 15.2 Å². The minimum atomic E-state index is -3.98. The van der Waals surface area contributed by atoms with Gasteiger partial charge in [-0.15, -0.1) is 6.42 Å². The van der Waals surface area contributed by atoms with Crippen LogP contribution in [0, 0.1) is 24.1 Å². The minimum absolute atomic E-state index is 0.159. The normalized spacial score (nSPS) is 18.2. The molecule has 0 aromatic heterocycles. The molecular weight excluding hydrogens is 359 g/mol. The Balaban J connectivity index is 2.32. The molecule has 0 unspecified atom stereocenters.